The number of amides is 2. The number of hydrogen-bond acceptors (Lipinski definition) is 2. The van der Waals surface area contributed by atoms with Gasteiger partial charge in [0.1, 0.15) is 6.54 Å². The van der Waals surface area contributed by atoms with Crippen LogP contribution in [0.15, 0.2) is 0 Å². The summed E-state index contributed by atoms with van der Waals surface area (Å²) in [6, 6.07) is -0.118. The van der Waals surface area contributed by atoms with Crippen molar-refractivity contribution in [3.63, 3.8) is 0 Å². The molecule has 3 unspecified atom stereocenters. The minimum atomic E-state index is -0.995. The lowest BCUT2D eigenvalue weighted by Crippen LogP contribution is -2.46. The lowest BCUT2D eigenvalue weighted by molar-refractivity contribution is -0.137. The highest BCUT2D eigenvalue weighted by Gasteiger charge is 2.31. The average molecular weight is 228 g/mol. The lowest BCUT2D eigenvalue weighted by Gasteiger charge is -2.23. The Balaban J connectivity index is 2.42. The van der Waals surface area contributed by atoms with Crippen LogP contribution in [0.4, 0.5) is 4.79 Å². The molecule has 1 aliphatic rings. The van der Waals surface area contributed by atoms with Crippen molar-refractivity contribution < 1.29 is 14.7 Å². The van der Waals surface area contributed by atoms with E-state index >= 15 is 0 Å². The van der Waals surface area contributed by atoms with Gasteiger partial charge >= 0.3 is 12.0 Å². The molecule has 0 aromatic heterocycles. The van der Waals surface area contributed by atoms with Crippen molar-refractivity contribution in [2.75, 3.05) is 13.6 Å². The first kappa shape index (κ1) is 12.8. The number of hydrogen-bond donors (Lipinski definition) is 2. The van der Waals surface area contributed by atoms with Gasteiger partial charge in [-0.25, -0.2) is 4.79 Å². The summed E-state index contributed by atoms with van der Waals surface area (Å²) in [7, 11) is 1.49. The normalized spacial score (nSPS) is 28.8. The van der Waals surface area contributed by atoms with Gasteiger partial charge in [0.15, 0.2) is 0 Å². The predicted molar refractivity (Wildman–Crippen MR) is 60.1 cm³/mol. The number of rotatable bonds is 3. The molecule has 0 saturated heterocycles. The lowest BCUT2D eigenvalue weighted by atomic mass is 9.98. The molecule has 5 heteroatoms. The van der Waals surface area contributed by atoms with E-state index in [-0.39, 0.29) is 18.6 Å². The monoisotopic (exact) mass is 228 g/mol. The van der Waals surface area contributed by atoms with Crippen LogP contribution in [0.3, 0.4) is 0 Å². The second-order valence-electron chi connectivity index (χ2n) is 4.72. The second kappa shape index (κ2) is 5.18. The van der Waals surface area contributed by atoms with Crippen molar-refractivity contribution in [3.05, 3.63) is 0 Å². The molecule has 92 valence electrons. The third-order valence-electron chi connectivity index (χ3n) is 3.49. The Kier molecular flexibility index (Phi) is 4.15. The summed E-state index contributed by atoms with van der Waals surface area (Å²) in [5, 5.41) is 11.5. The van der Waals surface area contributed by atoms with E-state index in [9.17, 15) is 9.59 Å². The zero-order valence-corrected chi connectivity index (χ0v) is 10.1. The Morgan fingerprint density at radius 1 is 1.38 bits per heavy atom. The number of nitrogens with one attached hydrogen (secondary N) is 1. The Bertz CT molecular complexity index is 280. The Labute approximate surface area is 95.8 Å². The number of nitrogens with zero attached hydrogens (tertiary/aromatic N) is 1. The van der Waals surface area contributed by atoms with Crippen molar-refractivity contribution in [2.45, 2.75) is 32.7 Å². The fourth-order valence-corrected chi connectivity index (χ4v) is 2.11. The van der Waals surface area contributed by atoms with Crippen LogP contribution in [0.25, 0.3) is 0 Å². The van der Waals surface area contributed by atoms with Crippen LogP contribution in [0.1, 0.15) is 26.7 Å². The summed E-state index contributed by atoms with van der Waals surface area (Å²) < 4.78 is 0. The molecule has 0 aliphatic heterocycles. The van der Waals surface area contributed by atoms with Gasteiger partial charge in [-0.05, 0) is 24.7 Å². The van der Waals surface area contributed by atoms with Crippen LogP contribution in [0.5, 0.6) is 0 Å². The van der Waals surface area contributed by atoms with Gasteiger partial charge in [0.25, 0.3) is 0 Å². The average Bonchev–Trinajstić information content (AvgIpc) is 2.48. The van der Waals surface area contributed by atoms with E-state index in [1.165, 1.54) is 11.9 Å². The van der Waals surface area contributed by atoms with Crippen LogP contribution in [-0.2, 0) is 4.79 Å². The fourth-order valence-electron chi connectivity index (χ4n) is 2.11. The highest BCUT2D eigenvalue weighted by Crippen LogP contribution is 2.31. The van der Waals surface area contributed by atoms with Gasteiger partial charge < -0.3 is 15.3 Å². The van der Waals surface area contributed by atoms with Gasteiger partial charge in [-0.1, -0.05) is 13.8 Å². The molecule has 1 saturated carbocycles. The highest BCUT2D eigenvalue weighted by atomic mass is 16.4. The first-order valence-electron chi connectivity index (χ1n) is 5.65. The molecule has 1 rings (SSSR count). The van der Waals surface area contributed by atoms with Crippen molar-refractivity contribution in [2.24, 2.45) is 11.8 Å². The maximum absolute atomic E-state index is 11.6. The molecule has 0 bridgehead atoms. The minimum absolute atomic E-state index is 0.179. The third kappa shape index (κ3) is 3.12. The topological polar surface area (TPSA) is 69.6 Å². The Morgan fingerprint density at radius 2 is 2.00 bits per heavy atom. The van der Waals surface area contributed by atoms with Gasteiger partial charge in [-0.3, -0.25) is 4.79 Å². The highest BCUT2D eigenvalue weighted by molar-refractivity contribution is 5.80. The van der Waals surface area contributed by atoms with Gasteiger partial charge in [0, 0.05) is 13.1 Å². The zero-order valence-electron chi connectivity index (χ0n) is 10.1. The molecule has 3 atom stereocenters. The van der Waals surface area contributed by atoms with E-state index in [2.05, 4.69) is 19.2 Å². The summed E-state index contributed by atoms with van der Waals surface area (Å²) in [5.74, 6) is 0.0859. The molecule has 0 spiro atoms. The largest absolute Gasteiger partial charge is 0.480 e. The van der Waals surface area contributed by atoms with Gasteiger partial charge in [-0.15, -0.1) is 0 Å². The van der Waals surface area contributed by atoms with E-state index in [1.807, 2.05) is 0 Å². The molecular formula is C11H20N2O3. The molecule has 0 aromatic carbocycles. The first-order chi connectivity index (χ1) is 7.41. The van der Waals surface area contributed by atoms with E-state index in [0.29, 0.717) is 11.8 Å². The Hall–Kier alpha value is -1.26. The molecule has 5 nitrogen and oxygen atoms in total. The molecule has 2 amide bonds. The molecule has 1 aliphatic carbocycles. The molecular weight excluding hydrogens is 208 g/mol. The molecule has 16 heavy (non-hydrogen) atoms. The first-order valence-corrected chi connectivity index (χ1v) is 5.65. The summed E-state index contributed by atoms with van der Waals surface area (Å²) in [6.07, 6.45) is 2.10. The molecule has 0 aromatic rings. The second-order valence-corrected chi connectivity index (χ2v) is 4.72. The smallest absolute Gasteiger partial charge is 0.323 e. The number of urea groups is 1. The SMILES string of the molecule is CC1CCC(NC(=O)N(C)CC(=O)O)C1C. The number of carboxylic acid groups (broad SMARTS) is 1. The molecule has 2 N–H and O–H groups in total. The Morgan fingerprint density at radius 3 is 2.44 bits per heavy atom. The van der Waals surface area contributed by atoms with Crippen molar-refractivity contribution >= 4 is 12.0 Å². The van der Waals surface area contributed by atoms with Crippen LogP contribution >= 0.6 is 0 Å². The van der Waals surface area contributed by atoms with Crippen LogP contribution < -0.4 is 5.32 Å². The quantitative estimate of drug-likeness (QED) is 0.761. The third-order valence-corrected chi connectivity index (χ3v) is 3.49. The predicted octanol–water partition coefficient (Wildman–Crippen LogP) is 1.15. The number of likely N-dealkylation sites (N-methyl/N-ethyl adjacent to an activating group) is 1. The summed E-state index contributed by atoms with van der Waals surface area (Å²) in [5.41, 5.74) is 0. The number of carboxylic acids is 1. The standard InChI is InChI=1S/C11H20N2O3/c1-7-4-5-9(8(7)2)12-11(16)13(3)6-10(14)15/h7-9H,4-6H2,1-3H3,(H,12,16)(H,14,15). The maximum atomic E-state index is 11.6. The minimum Gasteiger partial charge on any atom is -0.480 e. The summed E-state index contributed by atoms with van der Waals surface area (Å²) >= 11 is 0. The number of aliphatic carboxylic acids is 1. The summed E-state index contributed by atoms with van der Waals surface area (Å²) in [6.45, 7) is 4.04. The van der Waals surface area contributed by atoms with Gasteiger partial charge in [-0.2, -0.15) is 0 Å². The molecule has 0 heterocycles. The van der Waals surface area contributed by atoms with Crippen LogP contribution in [0.2, 0.25) is 0 Å². The van der Waals surface area contributed by atoms with Gasteiger partial charge in [0.2, 0.25) is 0 Å². The van der Waals surface area contributed by atoms with E-state index < -0.39 is 5.97 Å². The molecule has 0 radical (unpaired) electrons. The van der Waals surface area contributed by atoms with Gasteiger partial charge in [0.05, 0.1) is 0 Å². The van der Waals surface area contributed by atoms with Crippen molar-refractivity contribution in [1.29, 1.82) is 0 Å². The fraction of sp³-hybridized carbons (Fsp3) is 0.818. The van der Waals surface area contributed by atoms with E-state index in [0.717, 1.165) is 12.8 Å². The summed E-state index contributed by atoms with van der Waals surface area (Å²) in [4.78, 5) is 23.3. The van der Waals surface area contributed by atoms with Crippen molar-refractivity contribution in [3.8, 4) is 0 Å². The number of carbonyl (C=O) groups excluding carboxylic acids is 1. The zero-order chi connectivity index (χ0) is 12.3. The van der Waals surface area contributed by atoms with Crippen LogP contribution in [-0.4, -0.2) is 41.6 Å². The number of carbonyl (C=O) groups is 2. The maximum Gasteiger partial charge on any atom is 0.323 e. The van der Waals surface area contributed by atoms with Crippen LogP contribution in [0, 0.1) is 11.8 Å². The van der Waals surface area contributed by atoms with E-state index in [1.54, 1.807) is 0 Å². The van der Waals surface area contributed by atoms with E-state index in [4.69, 9.17) is 5.11 Å². The molecule has 1 fully saturated rings. The van der Waals surface area contributed by atoms with Crippen molar-refractivity contribution in [1.82, 2.24) is 10.2 Å².